The number of hydrogen-bond donors (Lipinski definition) is 1. The van der Waals surface area contributed by atoms with Gasteiger partial charge in [0.2, 0.25) is 0 Å². The van der Waals surface area contributed by atoms with Crippen molar-refractivity contribution in [1.82, 2.24) is 0 Å². The van der Waals surface area contributed by atoms with E-state index in [1.165, 1.54) is 17.4 Å². The number of nitriles is 1. The second-order valence-electron chi connectivity index (χ2n) is 7.75. The third kappa shape index (κ3) is 6.52. The highest BCUT2D eigenvalue weighted by Crippen LogP contribution is 2.34. The first-order valence-electron chi connectivity index (χ1n) is 11.5. The Balaban J connectivity index is 1.83. The minimum atomic E-state index is -0.619. The Kier molecular flexibility index (Phi) is 9.25. The predicted molar refractivity (Wildman–Crippen MR) is 140 cm³/mol. The van der Waals surface area contributed by atoms with Crippen LogP contribution >= 0.6 is 11.3 Å². The molecule has 8 heteroatoms. The molecule has 2 aromatic carbocycles. The molecule has 0 unspecified atom stereocenters. The lowest BCUT2D eigenvalue weighted by molar-refractivity contribution is -0.112. The molecular weight excluding hydrogens is 476 g/mol. The van der Waals surface area contributed by atoms with Crippen LogP contribution in [0.25, 0.3) is 6.08 Å². The summed E-state index contributed by atoms with van der Waals surface area (Å²) in [5.41, 5.74) is 2.55. The number of nitrogens with one attached hydrogen (secondary N) is 1. The van der Waals surface area contributed by atoms with Gasteiger partial charge in [-0.3, -0.25) is 4.79 Å². The highest BCUT2D eigenvalue weighted by atomic mass is 32.1. The van der Waals surface area contributed by atoms with E-state index < -0.39 is 11.9 Å². The van der Waals surface area contributed by atoms with Crippen LogP contribution in [0.2, 0.25) is 0 Å². The molecule has 0 bridgehead atoms. The number of nitrogens with zero attached hydrogens (tertiary/aromatic N) is 1. The molecule has 1 heterocycles. The average Bonchev–Trinajstić information content (AvgIpc) is 3.15. The highest BCUT2D eigenvalue weighted by Gasteiger charge is 2.23. The van der Waals surface area contributed by atoms with Crippen LogP contribution in [0.3, 0.4) is 0 Å². The molecule has 0 fully saturated rings. The largest absolute Gasteiger partial charge is 0.490 e. The second kappa shape index (κ2) is 12.6. The van der Waals surface area contributed by atoms with E-state index in [1.54, 1.807) is 32.0 Å². The zero-order valence-electron chi connectivity index (χ0n) is 20.7. The van der Waals surface area contributed by atoms with Crippen LogP contribution in [0.15, 0.2) is 54.1 Å². The molecule has 0 aliphatic carbocycles. The van der Waals surface area contributed by atoms with E-state index >= 15 is 0 Å². The van der Waals surface area contributed by atoms with Crippen molar-refractivity contribution < 1.29 is 23.8 Å². The van der Waals surface area contributed by atoms with Crippen molar-refractivity contribution in [2.24, 2.45) is 0 Å². The maximum absolute atomic E-state index is 12.9. The number of ether oxygens (including phenoxy) is 3. The summed E-state index contributed by atoms with van der Waals surface area (Å²) in [4.78, 5) is 26.2. The molecule has 1 aromatic heterocycles. The fourth-order valence-corrected chi connectivity index (χ4v) is 4.43. The van der Waals surface area contributed by atoms with E-state index in [9.17, 15) is 14.9 Å². The molecule has 1 N–H and O–H groups in total. The van der Waals surface area contributed by atoms with Crippen LogP contribution in [0, 0.1) is 25.2 Å². The number of thiophene rings is 1. The van der Waals surface area contributed by atoms with E-state index in [0.29, 0.717) is 40.8 Å². The van der Waals surface area contributed by atoms with Gasteiger partial charge in [0.15, 0.2) is 11.5 Å². The Bertz CT molecular complexity index is 1310. The van der Waals surface area contributed by atoms with Crippen molar-refractivity contribution in [3.63, 3.8) is 0 Å². The van der Waals surface area contributed by atoms with Crippen LogP contribution in [0.5, 0.6) is 11.5 Å². The summed E-state index contributed by atoms with van der Waals surface area (Å²) in [5.74, 6) is -0.0605. The summed E-state index contributed by atoms with van der Waals surface area (Å²) < 4.78 is 16.8. The number of amides is 1. The number of carbonyl (C=O) groups is 2. The molecule has 1 amide bonds. The number of anilines is 1. The van der Waals surface area contributed by atoms with Gasteiger partial charge in [-0.25, -0.2) is 4.79 Å². The Morgan fingerprint density at radius 2 is 1.78 bits per heavy atom. The molecule has 3 rings (SSSR count). The third-order valence-electron chi connectivity index (χ3n) is 5.27. The molecule has 0 aliphatic rings. The van der Waals surface area contributed by atoms with Crippen LogP contribution in [-0.4, -0.2) is 25.1 Å². The van der Waals surface area contributed by atoms with E-state index in [2.05, 4.69) is 5.32 Å². The molecule has 186 valence electrons. The van der Waals surface area contributed by atoms with Crippen molar-refractivity contribution in [2.45, 2.75) is 34.3 Å². The minimum Gasteiger partial charge on any atom is -0.490 e. The van der Waals surface area contributed by atoms with Gasteiger partial charge in [-0.2, -0.15) is 5.26 Å². The van der Waals surface area contributed by atoms with Crippen molar-refractivity contribution >= 4 is 34.3 Å². The van der Waals surface area contributed by atoms with Crippen molar-refractivity contribution in [3.8, 4) is 17.6 Å². The van der Waals surface area contributed by atoms with Gasteiger partial charge in [0.1, 0.15) is 23.3 Å². The second-order valence-corrected chi connectivity index (χ2v) is 8.97. The third-order valence-corrected chi connectivity index (χ3v) is 6.40. The Morgan fingerprint density at radius 1 is 1.03 bits per heavy atom. The number of benzene rings is 2. The summed E-state index contributed by atoms with van der Waals surface area (Å²) >= 11 is 1.27. The zero-order valence-corrected chi connectivity index (χ0v) is 21.5. The van der Waals surface area contributed by atoms with Gasteiger partial charge in [0.25, 0.3) is 5.91 Å². The maximum atomic E-state index is 12.9. The topological polar surface area (TPSA) is 97.7 Å². The Hall–Kier alpha value is -4.09. The van der Waals surface area contributed by atoms with Gasteiger partial charge in [-0.1, -0.05) is 36.4 Å². The van der Waals surface area contributed by atoms with Gasteiger partial charge in [0.05, 0.1) is 18.8 Å². The first-order chi connectivity index (χ1) is 17.4. The standard InChI is InChI=1S/C28H28N2O5S/c1-5-33-24-15-21(12-13-23(24)35-17-20-10-8-7-9-11-20)14-22(16-29)26(31)30-27-25(28(32)34-6-2)18(3)19(4)36-27/h7-15H,5-6,17H2,1-4H3,(H,30,31)/b22-14+. The van der Waals surface area contributed by atoms with E-state index in [4.69, 9.17) is 14.2 Å². The number of aryl methyl sites for hydroxylation is 1. The predicted octanol–water partition coefficient (Wildman–Crippen LogP) is 6.07. The highest BCUT2D eigenvalue weighted by molar-refractivity contribution is 7.16. The fourth-order valence-electron chi connectivity index (χ4n) is 3.39. The normalized spacial score (nSPS) is 10.9. The van der Waals surface area contributed by atoms with Crippen LogP contribution < -0.4 is 14.8 Å². The number of rotatable bonds is 10. The van der Waals surface area contributed by atoms with Gasteiger partial charge in [-0.05, 0) is 62.6 Å². The van der Waals surface area contributed by atoms with Gasteiger partial charge >= 0.3 is 5.97 Å². The number of esters is 1. The molecule has 7 nitrogen and oxygen atoms in total. The summed E-state index contributed by atoms with van der Waals surface area (Å²) in [5, 5.41) is 12.7. The van der Waals surface area contributed by atoms with Gasteiger partial charge in [0, 0.05) is 4.88 Å². The van der Waals surface area contributed by atoms with E-state index in [-0.39, 0.29) is 12.2 Å². The lowest BCUT2D eigenvalue weighted by Crippen LogP contribution is -2.16. The lowest BCUT2D eigenvalue weighted by atomic mass is 10.1. The van der Waals surface area contributed by atoms with Crippen molar-refractivity contribution in [1.29, 1.82) is 5.26 Å². The Morgan fingerprint density at radius 3 is 2.44 bits per heavy atom. The minimum absolute atomic E-state index is 0.117. The first-order valence-corrected chi connectivity index (χ1v) is 12.3. The maximum Gasteiger partial charge on any atom is 0.341 e. The van der Waals surface area contributed by atoms with Crippen molar-refractivity contribution in [3.05, 3.63) is 81.2 Å². The molecule has 0 aliphatic heterocycles. The molecule has 36 heavy (non-hydrogen) atoms. The quantitative estimate of drug-likeness (QED) is 0.205. The summed E-state index contributed by atoms with van der Waals surface area (Å²) in [6, 6.07) is 16.9. The SMILES string of the molecule is CCOC(=O)c1c(NC(=O)/C(C#N)=C/c2ccc(OCc3ccccc3)c(OCC)c2)sc(C)c1C. The monoisotopic (exact) mass is 504 g/mol. The molecule has 0 saturated carbocycles. The average molecular weight is 505 g/mol. The van der Waals surface area contributed by atoms with E-state index in [1.807, 2.05) is 50.2 Å². The summed E-state index contributed by atoms with van der Waals surface area (Å²) in [6.45, 7) is 8.26. The molecule has 0 spiro atoms. The van der Waals surface area contributed by atoms with Gasteiger partial charge < -0.3 is 19.5 Å². The molecule has 0 atom stereocenters. The molecule has 3 aromatic rings. The fraction of sp³-hybridized carbons (Fsp3) is 0.250. The Labute approximate surface area is 214 Å². The van der Waals surface area contributed by atoms with Gasteiger partial charge in [-0.15, -0.1) is 11.3 Å². The molecule has 0 saturated heterocycles. The van der Waals surface area contributed by atoms with Crippen LogP contribution in [0.1, 0.15) is 45.8 Å². The zero-order chi connectivity index (χ0) is 26.1. The summed E-state index contributed by atoms with van der Waals surface area (Å²) in [7, 11) is 0. The van der Waals surface area contributed by atoms with E-state index in [0.717, 1.165) is 16.0 Å². The number of hydrogen-bond acceptors (Lipinski definition) is 7. The van der Waals surface area contributed by atoms with Crippen LogP contribution in [-0.2, 0) is 16.1 Å². The smallest absolute Gasteiger partial charge is 0.341 e. The first kappa shape index (κ1) is 26.5. The lowest BCUT2D eigenvalue weighted by Gasteiger charge is -2.13. The number of carbonyl (C=O) groups excluding carboxylic acids is 2. The van der Waals surface area contributed by atoms with Crippen molar-refractivity contribution in [2.75, 3.05) is 18.5 Å². The van der Waals surface area contributed by atoms with Crippen LogP contribution in [0.4, 0.5) is 5.00 Å². The molecule has 0 radical (unpaired) electrons. The molecular formula is C28H28N2O5S. The summed E-state index contributed by atoms with van der Waals surface area (Å²) in [6.07, 6.45) is 1.47.